The zero-order valence-electron chi connectivity index (χ0n) is 15.3. The van der Waals surface area contributed by atoms with Crippen LogP contribution in [0.1, 0.15) is 59.8 Å². The molecule has 1 saturated heterocycles. The molecule has 0 aromatic rings. The van der Waals surface area contributed by atoms with Crippen LogP contribution in [0.4, 0.5) is 0 Å². The van der Waals surface area contributed by atoms with Crippen molar-refractivity contribution in [2.24, 2.45) is 5.10 Å². The molecule has 0 aromatic carbocycles. The summed E-state index contributed by atoms with van der Waals surface area (Å²) in [6, 6.07) is 0. The van der Waals surface area contributed by atoms with Gasteiger partial charge in [-0.2, -0.15) is 5.10 Å². The third kappa shape index (κ3) is 6.61. The summed E-state index contributed by atoms with van der Waals surface area (Å²) in [5.74, 6) is 0.215. The van der Waals surface area contributed by atoms with Gasteiger partial charge in [-0.05, 0) is 44.3 Å². The van der Waals surface area contributed by atoms with E-state index in [2.05, 4.69) is 44.0 Å². The molecule has 0 spiro atoms. The van der Waals surface area contributed by atoms with E-state index in [9.17, 15) is 4.79 Å². The minimum absolute atomic E-state index is 0.00298. The highest BCUT2D eigenvalue weighted by molar-refractivity contribution is 6.74. The molecule has 0 aliphatic carbocycles. The van der Waals surface area contributed by atoms with E-state index in [1.807, 2.05) is 6.92 Å². The maximum Gasteiger partial charge on any atom is 0.192 e. The van der Waals surface area contributed by atoms with Crippen LogP contribution in [-0.4, -0.2) is 44.5 Å². The van der Waals surface area contributed by atoms with E-state index in [-0.39, 0.29) is 16.9 Å². The summed E-state index contributed by atoms with van der Waals surface area (Å²) in [5.41, 5.74) is 0. The third-order valence-electron chi connectivity index (χ3n) is 4.71. The number of piperidine rings is 1. The predicted molar refractivity (Wildman–Crippen MR) is 95.9 cm³/mol. The monoisotopic (exact) mass is 326 g/mol. The number of rotatable bonds is 7. The Balaban J connectivity index is 2.33. The van der Waals surface area contributed by atoms with E-state index < -0.39 is 8.32 Å². The second kappa shape index (κ2) is 8.25. The zero-order valence-corrected chi connectivity index (χ0v) is 16.3. The lowest BCUT2D eigenvalue weighted by Crippen LogP contribution is -2.43. The number of nitrogens with zero attached hydrogens (tertiary/aromatic N) is 2. The lowest BCUT2D eigenvalue weighted by Gasteiger charge is -2.38. The molecule has 0 aromatic heterocycles. The molecule has 5 heteroatoms. The molecule has 128 valence electrons. The number of ketones is 1. The first-order chi connectivity index (χ1) is 10.1. The molecular formula is C17H34N2O2Si. The van der Waals surface area contributed by atoms with Gasteiger partial charge in [-0.25, -0.2) is 0 Å². The van der Waals surface area contributed by atoms with Crippen molar-refractivity contribution in [1.29, 1.82) is 0 Å². The lowest BCUT2D eigenvalue weighted by molar-refractivity contribution is -0.119. The van der Waals surface area contributed by atoms with Gasteiger partial charge in [-0.15, -0.1) is 0 Å². The fourth-order valence-corrected chi connectivity index (χ4v) is 3.82. The molecule has 0 amide bonds. The normalized spacial score (nSPS) is 18.7. The molecule has 0 saturated carbocycles. The summed E-state index contributed by atoms with van der Waals surface area (Å²) in [5, 5.41) is 6.66. The molecule has 0 bridgehead atoms. The van der Waals surface area contributed by atoms with Crippen LogP contribution in [-0.2, 0) is 9.22 Å². The van der Waals surface area contributed by atoms with Crippen LogP contribution in [0.25, 0.3) is 0 Å². The van der Waals surface area contributed by atoms with Gasteiger partial charge in [0.15, 0.2) is 8.32 Å². The number of hydrogen-bond acceptors (Lipinski definition) is 4. The summed E-state index contributed by atoms with van der Waals surface area (Å²) in [7, 11) is -1.79. The SMILES string of the molecule is C[C@H](CC(=O)CC=NN1CCCCC1)O[Si](C)(C)C(C)(C)C. The van der Waals surface area contributed by atoms with Gasteiger partial charge < -0.3 is 4.43 Å². The summed E-state index contributed by atoms with van der Waals surface area (Å²) >= 11 is 0. The Labute approximate surface area is 137 Å². The lowest BCUT2D eigenvalue weighted by atomic mass is 10.1. The molecule has 0 unspecified atom stereocenters. The second-order valence-electron chi connectivity index (χ2n) is 7.95. The Morgan fingerprint density at radius 1 is 1.27 bits per heavy atom. The van der Waals surface area contributed by atoms with Crippen LogP contribution >= 0.6 is 0 Å². The van der Waals surface area contributed by atoms with Crippen LogP contribution in [0.5, 0.6) is 0 Å². The van der Waals surface area contributed by atoms with Crippen molar-refractivity contribution >= 4 is 20.3 Å². The molecule has 1 aliphatic rings. The van der Waals surface area contributed by atoms with Gasteiger partial charge in [0.2, 0.25) is 0 Å². The summed E-state index contributed by atoms with van der Waals surface area (Å²) in [6.07, 6.45) is 6.39. The Morgan fingerprint density at radius 2 is 1.86 bits per heavy atom. The van der Waals surface area contributed by atoms with E-state index in [1.165, 1.54) is 19.3 Å². The smallest absolute Gasteiger partial charge is 0.192 e. The first-order valence-corrected chi connectivity index (χ1v) is 11.5. The van der Waals surface area contributed by atoms with E-state index in [0.717, 1.165) is 13.1 Å². The average Bonchev–Trinajstić information content (AvgIpc) is 2.37. The van der Waals surface area contributed by atoms with Gasteiger partial charge in [0.1, 0.15) is 5.78 Å². The number of carbonyl (C=O) groups is 1. The highest BCUT2D eigenvalue weighted by atomic mass is 28.4. The summed E-state index contributed by atoms with van der Waals surface area (Å²) < 4.78 is 6.23. The molecule has 1 fully saturated rings. The van der Waals surface area contributed by atoms with Gasteiger partial charge in [-0.1, -0.05) is 20.8 Å². The quantitative estimate of drug-likeness (QED) is 0.519. The van der Waals surface area contributed by atoms with Crippen molar-refractivity contribution in [2.45, 2.75) is 84.0 Å². The predicted octanol–water partition coefficient (Wildman–Crippen LogP) is 4.22. The van der Waals surface area contributed by atoms with Crippen LogP contribution in [0, 0.1) is 0 Å². The van der Waals surface area contributed by atoms with E-state index in [0.29, 0.717) is 12.8 Å². The summed E-state index contributed by atoms with van der Waals surface area (Å²) in [4.78, 5) is 12.1. The van der Waals surface area contributed by atoms with E-state index >= 15 is 0 Å². The number of Topliss-reactive ketones (excluding diaryl/α,β-unsaturated/α-hetero) is 1. The Hall–Kier alpha value is -0.683. The van der Waals surface area contributed by atoms with Crippen molar-refractivity contribution in [3.8, 4) is 0 Å². The molecular weight excluding hydrogens is 292 g/mol. The minimum atomic E-state index is -1.79. The molecule has 1 atom stereocenters. The van der Waals surface area contributed by atoms with Crippen molar-refractivity contribution < 1.29 is 9.22 Å². The topological polar surface area (TPSA) is 41.9 Å². The third-order valence-corrected chi connectivity index (χ3v) is 9.32. The first-order valence-electron chi connectivity index (χ1n) is 8.59. The van der Waals surface area contributed by atoms with Gasteiger partial charge in [0, 0.05) is 38.2 Å². The molecule has 1 heterocycles. The maximum atomic E-state index is 12.1. The molecule has 0 N–H and O–H groups in total. The van der Waals surface area contributed by atoms with Crippen LogP contribution < -0.4 is 0 Å². The van der Waals surface area contributed by atoms with Crippen molar-refractivity contribution in [2.75, 3.05) is 13.1 Å². The fraction of sp³-hybridized carbons (Fsp3) is 0.882. The highest BCUT2D eigenvalue weighted by Gasteiger charge is 2.38. The molecule has 0 radical (unpaired) electrons. The molecule has 22 heavy (non-hydrogen) atoms. The molecule has 4 nitrogen and oxygen atoms in total. The van der Waals surface area contributed by atoms with E-state index in [1.54, 1.807) is 6.21 Å². The van der Waals surface area contributed by atoms with E-state index in [4.69, 9.17) is 4.43 Å². The minimum Gasteiger partial charge on any atom is -0.414 e. The fourth-order valence-electron chi connectivity index (χ4n) is 2.38. The standard InChI is InChI=1S/C17H34N2O2Si/c1-15(21-22(5,6)17(2,3)4)14-16(20)10-11-18-19-12-8-7-9-13-19/h11,15H,7-10,12-14H2,1-6H3/t15-/m1/s1. The number of hydrazone groups is 1. The Bertz CT molecular complexity index is 383. The highest BCUT2D eigenvalue weighted by Crippen LogP contribution is 2.37. The Morgan fingerprint density at radius 3 is 2.41 bits per heavy atom. The second-order valence-corrected chi connectivity index (χ2v) is 12.7. The van der Waals surface area contributed by atoms with Gasteiger partial charge in [-0.3, -0.25) is 9.80 Å². The maximum absolute atomic E-state index is 12.1. The Kier molecular flexibility index (Phi) is 7.26. The average molecular weight is 327 g/mol. The van der Waals surface area contributed by atoms with Gasteiger partial charge >= 0.3 is 0 Å². The molecule has 1 rings (SSSR count). The molecule has 1 aliphatic heterocycles. The van der Waals surface area contributed by atoms with Gasteiger partial charge in [0.25, 0.3) is 0 Å². The summed E-state index contributed by atoms with van der Waals surface area (Å²) in [6.45, 7) is 15.2. The number of hydrogen-bond donors (Lipinski definition) is 0. The van der Waals surface area contributed by atoms with Crippen LogP contribution in [0.15, 0.2) is 5.10 Å². The zero-order chi connectivity index (χ0) is 16.8. The van der Waals surface area contributed by atoms with Crippen LogP contribution in [0.2, 0.25) is 18.1 Å². The van der Waals surface area contributed by atoms with Crippen molar-refractivity contribution in [3.05, 3.63) is 0 Å². The van der Waals surface area contributed by atoms with Crippen molar-refractivity contribution in [3.63, 3.8) is 0 Å². The van der Waals surface area contributed by atoms with Crippen molar-refractivity contribution in [1.82, 2.24) is 5.01 Å². The first kappa shape index (κ1) is 19.4. The largest absolute Gasteiger partial charge is 0.414 e. The van der Waals surface area contributed by atoms with Crippen LogP contribution in [0.3, 0.4) is 0 Å². The number of carbonyl (C=O) groups excluding carboxylic acids is 1. The van der Waals surface area contributed by atoms with Gasteiger partial charge in [0.05, 0.1) is 0 Å².